The molecule has 18 atom stereocenters. The van der Waals surface area contributed by atoms with Gasteiger partial charge in [-0.05, 0) is 19.3 Å². The van der Waals surface area contributed by atoms with Gasteiger partial charge in [0.05, 0.1) is 50.7 Å². The number of carboxylic acid groups (broad SMARTS) is 1. The second-order valence-corrected chi connectivity index (χ2v) is 20.8. The number of ether oxygens (including phenoxy) is 6. The summed E-state index contributed by atoms with van der Waals surface area (Å²) in [6.45, 7) is 2.04. The van der Waals surface area contributed by atoms with Crippen LogP contribution >= 0.6 is 0 Å². The maximum Gasteiger partial charge on any atom is 0.364 e. The lowest BCUT2D eigenvalue weighted by molar-refractivity contribution is -0.386. The maximum absolute atomic E-state index is 13.3. The Bertz CT molecular complexity index is 1630. The van der Waals surface area contributed by atoms with Crippen LogP contribution in [0.3, 0.4) is 0 Å². The van der Waals surface area contributed by atoms with Gasteiger partial charge in [0.25, 0.3) is 5.79 Å². The molecular weight excluding hydrogens is 1000 g/mol. The third-order valence-electron chi connectivity index (χ3n) is 14.5. The summed E-state index contributed by atoms with van der Waals surface area (Å²) in [6, 6.07) is -2.61. The molecule has 3 rings (SSSR count). The van der Waals surface area contributed by atoms with E-state index in [1.807, 2.05) is 6.08 Å². The van der Waals surface area contributed by atoms with Gasteiger partial charge in [-0.15, -0.1) is 0 Å². The van der Waals surface area contributed by atoms with Crippen LogP contribution in [0.5, 0.6) is 0 Å². The molecule has 0 aromatic carbocycles. The number of aliphatic carboxylic acids is 1. The number of aliphatic hydroxyl groups is 11. The fourth-order valence-corrected chi connectivity index (χ4v) is 9.88. The van der Waals surface area contributed by atoms with Gasteiger partial charge in [0.2, 0.25) is 11.8 Å². The highest BCUT2D eigenvalue weighted by Crippen LogP contribution is 2.38. The summed E-state index contributed by atoms with van der Waals surface area (Å²) < 4.78 is 34.5. The largest absolute Gasteiger partial charge is 0.477 e. The van der Waals surface area contributed by atoms with Crippen molar-refractivity contribution in [2.24, 2.45) is 0 Å². The molecular formula is C53H96N2O21. The quantitative estimate of drug-likeness (QED) is 0.0299. The van der Waals surface area contributed by atoms with Crippen LogP contribution < -0.4 is 10.6 Å². The minimum absolute atomic E-state index is 0.203. The zero-order chi connectivity index (χ0) is 56.2. The van der Waals surface area contributed by atoms with Gasteiger partial charge in [0, 0.05) is 19.8 Å². The number of nitrogens with one attached hydrogen (secondary N) is 2. The van der Waals surface area contributed by atoms with Crippen LogP contribution in [-0.4, -0.2) is 215 Å². The van der Waals surface area contributed by atoms with E-state index in [-0.39, 0.29) is 12.3 Å². The number of amides is 2. The predicted octanol–water partition coefficient (Wildman–Crippen LogP) is 0.825. The van der Waals surface area contributed by atoms with Gasteiger partial charge < -0.3 is 100 Å². The van der Waals surface area contributed by atoms with Gasteiger partial charge >= 0.3 is 5.97 Å². The van der Waals surface area contributed by atoms with Crippen LogP contribution in [0.4, 0.5) is 0 Å². The van der Waals surface area contributed by atoms with Crippen molar-refractivity contribution < 1.29 is 104 Å². The summed E-state index contributed by atoms with van der Waals surface area (Å²) >= 11 is 0. The molecule has 23 heteroatoms. The summed E-state index contributed by atoms with van der Waals surface area (Å²) in [7, 11) is 0. The van der Waals surface area contributed by atoms with Crippen molar-refractivity contribution in [3.63, 3.8) is 0 Å². The number of unbranched alkanes of at least 4 members (excludes halogenated alkanes) is 19. The maximum atomic E-state index is 13.3. The smallest absolute Gasteiger partial charge is 0.364 e. The second-order valence-electron chi connectivity index (χ2n) is 20.8. The van der Waals surface area contributed by atoms with Gasteiger partial charge in [-0.25, -0.2) is 4.79 Å². The molecule has 76 heavy (non-hydrogen) atoms. The van der Waals surface area contributed by atoms with Gasteiger partial charge in [-0.2, -0.15) is 0 Å². The molecule has 0 aromatic heterocycles. The van der Waals surface area contributed by atoms with Crippen molar-refractivity contribution in [1.29, 1.82) is 0 Å². The third kappa shape index (κ3) is 21.8. The molecule has 3 saturated heterocycles. The standard InChI is InChI=1S/C53H96N2O21/c1-4-6-8-10-12-14-16-18-20-22-24-26-35(60)34(55-40(63)27-25-23-21-19-17-15-13-11-9-7-5-2)32-71-50-45(67)44(66)47(39(31-58)73-50)74-51-46(68)49(43(65)38(30-57)72-51)76-53(52(69)70)28-36(61)41(54-33(3)59)48(75-53)42(64)37(62)29-56/h24,26,34-39,41-51,56-58,60-62,64-68H,4-23,25,27-32H2,1-3H3,(H,54,59)(H,55,63)(H,69,70)/b26-24+. The van der Waals surface area contributed by atoms with E-state index >= 15 is 0 Å². The molecule has 0 radical (unpaired) electrons. The van der Waals surface area contributed by atoms with Gasteiger partial charge in [0.1, 0.15) is 67.1 Å². The van der Waals surface area contributed by atoms with Crippen molar-refractivity contribution in [1.82, 2.24) is 10.6 Å². The fourth-order valence-electron chi connectivity index (χ4n) is 9.88. The summed E-state index contributed by atoms with van der Waals surface area (Å²) in [6.07, 6.45) is -2.58. The van der Waals surface area contributed by atoms with E-state index in [0.717, 1.165) is 51.9 Å². The zero-order valence-corrected chi connectivity index (χ0v) is 45.1. The van der Waals surface area contributed by atoms with Crippen LogP contribution in [0.15, 0.2) is 12.2 Å². The molecule has 3 heterocycles. The van der Waals surface area contributed by atoms with Gasteiger partial charge in [-0.3, -0.25) is 9.59 Å². The van der Waals surface area contributed by atoms with Crippen LogP contribution in [0, 0.1) is 0 Å². The van der Waals surface area contributed by atoms with Crippen LogP contribution in [0.25, 0.3) is 0 Å². The highest BCUT2D eigenvalue weighted by atomic mass is 16.8. The lowest BCUT2D eigenvalue weighted by Gasteiger charge is -2.50. The molecule has 23 nitrogen and oxygen atoms in total. The highest BCUT2D eigenvalue weighted by Gasteiger charge is 2.60. The number of hydrogen-bond donors (Lipinski definition) is 14. The summed E-state index contributed by atoms with van der Waals surface area (Å²) in [5.74, 6) is -6.14. The molecule has 3 aliphatic rings. The minimum atomic E-state index is -3.08. The minimum Gasteiger partial charge on any atom is -0.477 e. The lowest BCUT2D eigenvalue weighted by Crippen LogP contribution is -2.70. The number of rotatable bonds is 39. The SMILES string of the molecule is CCCCCCCCCCC/C=C/C(O)C(COC1OC(CO)C(OC2OC(CO)C(O)C(OC3(C(=O)O)CC(O)C(NC(C)=O)C(C(O)C(O)CO)O3)C2O)C(O)C1O)NC(=O)CCCCCCCCCCCCC. The Morgan fingerprint density at radius 1 is 0.684 bits per heavy atom. The number of aliphatic hydroxyl groups excluding tert-OH is 11. The Kier molecular flexibility index (Phi) is 32.7. The average Bonchev–Trinajstić information content (AvgIpc) is 3.39. The normalized spacial score (nSPS) is 31.7. The molecule has 0 aromatic rings. The molecule has 3 aliphatic heterocycles. The Morgan fingerprint density at radius 2 is 1.22 bits per heavy atom. The molecule has 2 amide bonds. The molecule has 0 saturated carbocycles. The Hall–Kier alpha value is -2.53. The van der Waals surface area contributed by atoms with Crippen LogP contribution in [0.1, 0.15) is 168 Å². The van der Waals surface area contributed by atoms with Crippen molar-refractivity contribution >= 4 is 17.8 Å². The van der Waals surface area contributed by atoms with E-state index in [9.17, 15) is 75.7 Å². The lowest BCUT2D eigenvalue weighted by atomic mass is 9.88. The van der Waals surface area contributed by atoms with Crippen molar-refractivity contribution in [3.8, 4) is 0 Å². The molecule has 14 N–H and O–H groups in total. The van der Waals surface area contributed by atoms with Crippen molar-refractivity contribution in [2.45, 2.75) is 278 Å². The number of carboxylic acids is 1. The van der Waals surface area contributed by atoms with E-state index in [1.165, 1.54) is 77.0 Å². The first-order valence-electron chi connectivity index (χ1n) is 28.1. The number of hydrogen-bond acceptors (Lipinski definition) is 20. The molecule has 444 valence electrons. The topological polar surface area (TPSA) is 373 Å². The van der Waals surface area contributed by atoms with Gasteiger partial charge in [-0.1, -0.05) is 142 Å². The zero-order valence-electron chi connectivity index (χ0n) is 45.1. The van der Waals surface area contributed by atoms with E-state index in [1.54, 1.807) is 6.08 Å². The highest BCUT2D eigenvalue weighted by molar-refractivity contribution is 5.77. The number of carbonyl (C=O) groups excluding carboxylic acids is 2. The van der Waals surface area contributed by atoms with Crippen molar-refractivity contribution in [2.75, 3.05) is 26.4 Å². The molecule has 18 unspecified atom stereocenters. The first kappa shape index (κ1) is 67.7. The summed E-state index contributed by atoms with van der Waals surface area (Å²) in [5, 5.41) is 135. The van der Waals surface area contributed by atoms with Crippen LogP contribution in [-0.2, 0) is 42.8 Å². The molecule has 0 spiro atoms. The summed E-state index contributed by atoms with van der Waals surface area (Å²) in [5.41, 5.74) is 0. The Labute approximate surface area is 448 Å². The number of allylic oxidation sites excluding steroid dienone is 1. The number of carbonyl (C=O) groups is 3. The average molecular weight is 1100 g/mol. The molecule has 3 fully saturated rings. The first-order chi connectivity index (χ1) is 36.4. The van der Waals surface area contributed by atoms with Gasteiger partial charge in [0.15, 0.2) is 12.6 Å². The van der Waals surface area contributed by atoms with E-state index in [4.69, 9.17) is 28.4 Å². The molecule has 0 aliphatic carbocycles. The van der Waals surface area contributed by atoms with Crippen LogP contribution in [0.2, 0.25) is 0 Å². The molecule has 0 bridgehead atoms. The second kappa shape index (κ2) is 36.7. The Balaban J connectivity index is 1.72. The monoisotopic (exact) mass is 1100 g/mol. The Morgan fingerprint density at radius 3 is 1.75 bits per heavy atom. The van der Waals surface area contributed by atoms with E-state index < -0.39 is 155 Å². The third-order valence-corrected chi connectivity index (χ3v) is 14.5. The fraction of sp³-hybridized carbons (Fsp3) is 0.906. The predicted molar refractivity (Wildman–Crippen MR) is 274 cm³/mol. The summed E-state index contributed by atoms with van der Waals surface area (Å²) in [4.78, 5) is 38.2. The van der Waals surface area contributed by atoms with E-state index in [2.05, 4.69) is 24.5 Å². The van der Waals surface area contributed by atoms with E-state index in [0.29, 0.717) is 12.8 Å². The van der Waals surface area contributed by atoms with Crippen molar-refractivity contribution in [3.05, 3.63) is 12.2 Å². The first-order valence-corrected chi connectivity index (χ1v) is 28.1.